The maximum absolute atomic E-state index is 8.24. The highest BCUT2D eigenvalue weighted by molar-refractivity contribution is 4.42. The van der Waals surface area contributed by atoms with E-state index in [0.29, 0.717) is 12.5 Å². The highest BCUT2D eigenvalue weighted by Gasteiger charge is 1.86. The molecule has 0 amide bonds. The molecule has 0 heterocycles. The van der Waals surface area contributed by atoms with Crippen molar-refractivity contribution in [3.8, 4) is 0 Å². The minimum Gasteiger partial charge on any atom is -0.396 e. The lowest BCUT2D eigenvalue weighted by Crippen LogP contribution is -2.01. The van der Waals surface area contributed by atoms with E-state index in [0.717, 1.165) is 25.3 Å². The van der Waals surface area contributed by atoms with E-state index in [9.17, 15) is 0 Å². The van der Waals surface area contributed by atoms with Crippen LogP contribution in [-0.2, 0) is 0 Å². The van der Waals surface area contributed by atoms with Crippen molar-refractivity contribution in [2.24, 2.45) is 17.6 Å². The maximum Gasteiger partial charge on any atom is 0.0433 e. The summed E-state index contributed by atoms with van der Waals surface area (Å²) in [6.07, 6.45) is 2.08. The average Bonchev–Trinajstić information content (AvgIpc) is 2.08. The number of hydrogen-bond donors (Lipinski definition) is 2. The molecule has 0 atom stereocenters. The summed E-state index contributed by atoms with van der Waals surface area (Å²) in [6, 6.07) is 0. The minimum atomic E-state index is 0.331. The third-order valence-corrected chi connectivity index (χ3v) is 1.45. The van der Waals surface area contributed by atoms with Crippen LogP contribution in [0.25, 0.3) is 0 Å². The normalized spacial score (nSPS) is 9.00. The Morgan fingerprint density at radius 2 is 1.29 bits per heavy atom. The monoisotopic (exact) mass is 205 g/mol. The standard InChI is InChI=1S/C5H13N.C5H12O.C2H6/c2*1-5(2)3-4-6;1-2/h5H,3-4,6H2,1-2H3;5-6H,3-4H2,1-2H3;1-2H3. The van der Waals surface area contributed by atoms with Gasteiger partial charge in [-0.05, 0) is 31.2 Å². The first-order valence-corrected chi connectivity index (χ1v) is 5.85. The summed E-state index contributed by atoms with van der Waals surface area (Å²) in [5.41, 5.74) is 5.23. The quantitative estimate of drug-likeness (QED) is 0.741. The van der Waals surface area contributed by atoms with Gasteiger partial charge in [0.25, 0.3) is 0 Å². The maximum atomic E-state index is 8.24. The van der Waals surface area contributed by atoms with Crippen LogP contribution in [0.15, 0.2) is 0 Å². The summed E-state index contributed by atoms with van der Waals surface area (Å²) in [4.78, 5) is 0. The predicted octanol–water partition coefficient (Wildman–Crippen LogP) is 3.04. The third kappa shape index (κ3) is 40.6. The van der Waals surface area contributed by atoms with Crippen molar-refractivity contribution in [3.05, 3.63) is 0 Å². The molecule has 2 nitrogen and oxygen atoms in total. The third-order valence-electron chi connectivity index (χ3n) is 1.45. The molecule has 0 unspecified atom stereocenters. The van der Waals surface area contributed by atoms with Gasteiger partial charge in [-0.25, -0.2) is 0 Å². The van der Waals surface area contributed by atoms with Gasteiger partial charge in [-0.2, -0.15) is 0 Å². The van der Waals surface area contributed by atoms with E-state index in [2.05, 4.69) is 27.7 Å². The van der Waals surface area contributed by atoms with E-state index >= 15 is 0 Å². The number of aliphatic hydroxyl groups is 1. The summed E-state index contributed by atoms with van der Waals surface area (Å²) in [6.45, 7) is 13.7. The molecule has 3 N–H and O–H groups in total. The number of aliphatic hydroxyl groups excluding tert-OH is 1. The fraction of sp³-hybridized carbons (Fsp3) is 1.00. The van der Waals surface area contributed by atoms with Crippen molar-refractivity contribution in [2.75, 3.05) is 13.2 Å². The molecule has 0 aromatic heterocycles. The van der Waals surface area contributed by atoms with Crippen LogP contribution in [0.2, 0.25) is 0 Å². The fourth-order valence-corrected chi connectivity index (χ4v) is 0.592. The van der Waals surface area contributed by atoms with E-state index in [1.807, 2.05) is 13.8 Å². The average molecular weight is 205 g/mol. The molecule has 0 aliphatic heterocycles. The van der Waals surface area contributed by atoms with Crippen LogP contribution in [0.1, 0.15) is 54.4 Å². The second-order valence-electron chi connectivity index (χ2n) is 3.88. The van der Waals surface area contributed by atoms with Crippen LogP contribution in [0.3, 0.4) is 0 Å². The molecule has 14 heavy (non-hydrogen) atoms. The topological polar surface area (TPSA) is 46.2 Å². The largest absolute Gasteiger partial charge is 0.396 e. The van der Waals surface area contributed by atoms with Crippen LogP contribution in [0, 0.1) is 11.8 Å². The number of nitrogens with two attached hydrogens (primary N) is 1. The van der Waals surface area contributed by atoms with Crippen molar-refractivity contribution >= 4 is 0 Å². The van der Waals surface area contributed by atoms with Gasteiger partial charge in [0.2, 0.25) is 0 Å². The Hall–Kier alpha value is -0.0800. The zero-order valence-corrected chi connectivity index (χ0v) is 11.0. The van der Waals surface area contributed by atoms with Crippen LogP contribution in [-0.4, -0.2) is 18.3 Å². The highest BCUT2D eigenvalue weighted by atomic mass is 16.2. The molecule has 0 saturated carbocycles. The Morgan fingerprint density at radius 1 is 0.929 bits per heavy atom. The first-order chi connectivity index (χ1) is 6.54. The molecule has 90 valence electrons. The smallest absolute Gasteiger partial charge is 0.0433 e. The minimum absolute atomic E-state index is 0.331. The van der Waals surface area contributed by atoms with Crippen molar-refractivity contribution < 1.29 is 5.11 Å². The predicted molar refractivity (Wildman–Crippen MR) is 66.4 cm³/mol. The van der Waals surface area contributed by atoms with Gasteiger partial charge in [0.1, 0.15) is 0 Å². The van der Waals surface area contributed by atoms with Gasteiger partial charge in [0.15, 0.2) is 0 Å². The van der Waals surface area contributed by atoms with Crippen molar-refractivity contribution in [2.45, 2.75) is 54.4 Å². The van der Waals surface area contributed by atoms with Gasteiger partial charge in [-0.15, -0.1) is 0 Å². The van der Waals surface area contributed by atoms with Crippen molar-refractivity contribution in [1.29, 1.82) is 0 Å². The highest BCUT2D eigenvalue weighted by Crippen LogP contribution is 1.95. The van der Waals surface area contributed by atoms with Gasteiger partial charge in [-0.1, -0.05) is 41.5 Å². The molecule has 0 aliphatic rings. The Bertz CT molecular complexity index is 62.7. The molecule has 0 spiro atoms. The summed E-state index contributed by atoms with van der Waals surface area (Å²) >= 11 is 0. The lowest BCUT2D eigenvalue weighted by molar-refractivity contribution is 0.268. The van der Waals surface area contributed by atoms with Crippen molar-refractivity contribution in [1.82, 2.24) is 0 Å². The molecule has 2 heteroatoms. The Labute approximate surface area is 90.9 Å². The fourth-order valence-electron chi connectivity index (χ4n) is 0.592. The summed E-state index contributed by atoms with van der Waals surface area (Å²) in [5, 5.41) is 8.24. The first kappa shape index (κ1) is 19.5. The molecule has 0 fully saturated rings. The van der Waals surface area contributed by atoms with Crippen LogP contribution in [0.5, 0.6) is 0 Å². The van der Waals surface area contributed by atoms with Crippen LogP contribution in [0.4, 0.5) is 0 Å². The molecule has 0 aliphatic carbocycles. The molecular formula is C12H31NO. The summed E-state index contributed by atoms with van der Waals surface area (Å²) < 4.78 is 0. The molecule has 0 rings (SSSR count). The van der Waals surface area contributed by atoms with Gasteiger partial charge >= 0.3 is 0 Å². The SMILES string of the molecule is CC.CC(C)CCN.CC(C)CCO. The van der Waals surface area contributed by atoms with E-state index in [4.69, 9.17) is 10.8 Å². The first-order valence-electron chi connectivity index (χ1n) is 5.85. The summed E-state index contributed by atoms with van der Waals surface area (Å²) in [5.74, 6) is 1.42. The molecule has 0 saturated heterocycles. The van der Waals surface area contributed by atoms with Crippen molar-refractivity contribution in [3.63, 3.8) is 0 Å². The van der Waals surface area contributed by atoms with Crippen LogP contribution < -0.4 is 5.73 Å². The second-order valence-corrected chi connectivity index (χ2v) is 3.88. The molecule has 0 aromatic carbocycles. The number of hydrogen-bond acceptors (Lipinski definition) is 2. The Kier molecular flexibility index (Phi) is 26.0. The van der Waals surface area contributed by atoms with E-state index in [-0.39, 0.29) is 0 Å². The van der Waals surface area contributed by atoms with Gasteiger partial charge in [0, 0.05) is 6.61 Å². The Balaban J connectivity index is -0.000000147. The molecule has 0 aromatic rings. The number of rotatable bonds is 4. The molecular weight excluding hydrogens is 174 g/mol. The lowest BCUT2D eigenvalue weighted by atomic mass is 10.1. The van der Waals surface area contributed by atoms with E-state index < -0.39 is 0 Å². The Morgan fingerprint density at radius 3 is 1.29 bits per heavy atom. The second kappa shape index (κ2) is 18.7. The molecule has 0 radical (unpaired) electrons. The van der Waals surface area contributed by atoms with E-state index in [1.54, 1.807) is 0 Å². The zero-order chi connectivity index (χ0) is 12.0. The van der Waals surface area contributed by atoms with E-state index in [1.165, 1.54) is 0 Å². The molecule has 0 bridgehead atoms. The van der Waals surface area contributed by atoms with Gasteiger partial charge < -0.3 is 10.8 Å². The van der Waals surface area contributed by atoms with Crippen LogP contribution >= 0.6 is 0 Å². The lowest BCUT2D eigenvalue weighted by Gasteiger charge is -1.96. The van der Waals surface area contributed by atoms with Gasteiger partial charge in [0.05, 0.1) is 0 Å². The zero-order valence-electron chi connectivity index (χ0n) is 11.0. The summed E-state index contributed by atoms with van der Waals surface area (Å²) in [7, 11) is 0. The van der Waals surface area contributed by atoms with Gasteiger partial charge in [-0.3, -0.25) is 0 Å².